The predicted molar refractivity (Wildman–Crippen MR) is 83.0 cm³/mol. The van der Waals surface area contributed by atoms with E-state index in [1.165, 1.54) is 11.8 Å². The smallest absolute Gasteiger partial charge is 0.326 e. The molecule has 1 amide bonds. The number of benzene rings is 1. The van der Waals surface area contributed by atoms with Crippen molar-refractivity contribution in [2.24, 2.45) is 0 Å². The minimum absolute atomic E-state index is 0.117. The zero-order chi connectivity index (χ0) is 16.3. The SMILES string of the molecule is COc1cccc(C2(C(=O)N(C)C(C)C(=O)O)CCCC2)c1. The predicted octanol–water partition coefficient (Wildman–Crippen LogP) is 2.44. The maximum atomic E-state index is 13.0. The highest BCUT2D eigenvalue weighted by Gasteiger charge is 2.45. The molecule has 1 N–H and O–H groups in total. The first-order valence-electron chi connectivity index (χ1n) is 7.57. The van der Waals surface area contributed by atoms with Crippen molar-refractivity contribution >= 4 is 11.9 Å². The van der Waals surface area contributed by atoms with E-state index in [2.05, 4.69) is 0 Å². The van der Waals surface area contributed by atoms with Crippen molar-refractivity contribution in [3.63, 3.8) is 0 Å². The van der Waals surface area contributed by atoms with E-state index < -0.39 is 17.4 Å². The fraction of sp³-hybridized carbons (Fsp3) is 0.529. The van der Waals surface area contributed by atoms with E-state index in [1.807, 2.05) is 24.3 Å². The van der Waals surface area contributed by atoms with Gasteiger partial charge in [0.25, 0.3) is 0 Å². The van der Waals surface area contributed by atoms with E-state index in [1.54, 1.807) is 14.2 Å². The fourth-order valence-electron chi connectivity index (χ4n) is 3.20. The van der Waals surface area contributed by atoms with E-state index in [4.69, 9.17) is 9.84 Å². The number of aliphatic carboxylic acids is 1. The number of nitrogens with zero attached hydrogens (tertiary/aromatic N) is 1. The summed E-state index contributed by atoms with van der Waals surface area (Å²) in [6.07, 6.45) is 3.43. The number of hydrogen-bond acceptors (Lipinski definition) is 3. The Labute approximate surface area is 130 Å². The Morgan fingerprint density at radius 3 is 2.50 bits per heavy atom. The maximum Gasteiger partial charge on any atom is 0.326 e. The summed E-state index contributed by atoms with van der Waals surface area (Å²) in [6, 6.07) is 6.71. The number of amides is 1. The molecule has 0 spiro atoms. The Morgan fingerprint density at radius 1 is 1.32 bits per heavy atom. The number of carbonyl (C=O) groups excluding carboxylic acids is 1. The van der Waals surface area contributed by atoms with Crippen LogP contribution in [0.2, 0.25) is 0 Å². The van der Waals surface area contributed by atoms with E-state index in [0.717, 1.165) is 31.2 Å². The lowest BCUT2D eigenvalue weighted by Gasteiger charge is -2.34. The zero-order valence-corrected chi connectivity index (χ0v) is 13.3. The second-order valence-electron chi connectivity index (χ2n) is 5.95. The van der Waals surface area contributed by atoms with Gasteiger partial charge in [-0.25, -0.2) is 4.79 Å². The zero-order valence-electron chi connectivity index (χ0n) is 13.3. The molecule has 1 atom stereocenters. The Kier molecular flexibility index (Phi) is 4.74. The number of carbonyl (C=O) groups is 2. The molecule has 1 unspecified atom stereocenters. The molecule has 0 aliphatic heterocycles. The highest BCUT2D eigenvalue weighted by molar-refractivity contribution is 5.91. The third-order valence-electron chi connectivity index (χ3n) is 4.75. The van der Waals surface area contributed by atoms with E-state index >= 15 is 0 Å². The molecule has 1 aliphatic carbocycles. The largest absolute Gasteiger partial charge is 0.497 e. The number of hydrogen-bond donors (Lipinski definition) is 1. The lowest BCUT2D eigenvalue weighted by molar-refractivity contribution is -0.150. The van der Waals surface area contributed by atoms with Crippen molar-refractivity contribution < 1.29 is 19.4 Å². The van der Waals surface area contributed by atoms with Gasteiger partial charge in [0.15, 0.2) is 0 Å². The molecular weight excluding hydrogens is 282 g/mol. The van der Waals surface area contributed by atoms with Crippen LogP contribution in [0.25, 0.3) is 0 Å². The third kappa shape index (κ3) is 2.80. The first-order chi connectivity index (χ1) is 10.4. The molecule has 0 bridgehead atoms. The van der Waals surface area contributed by atoms with Crippen LogP contribution in [0.5, 0.6) is 5.75 Å². The molecule has 1 saturated carbocycles. The molecule has 22 heavy (non-hydrogen) atoms. The van der Waals surface area contributed by atoms with Crippen molar-refractivity contribution in [3.05, 3.63) is 29.8 Å². The van der Waals surface area contributed by atoms with Gasteiger partial charge in [-0.1, -0.05) is 25.0 Å². The van der Waals surface area contributed by atoms with Crippen molar-refractivity contribution in [1.82, 2.24) is 4.90 Å². The van der Waals surface area contributed by atoms with Crippen LogP contribution < -0.4 is 4.74 Å². The summed E-state index contributed by atoms with van der Waals surface area (Å²) in [6.45, 7) is 1.54. The standard InChI is InChI=1S/C17H23NO4/c1-12(15(19)20)18(2)16(21)17(9-4-5-10-17)13-7-6-8-14(11-13)22-3/h6-8,11-12H,4-5,9-10H2,1-3H3,(H,19,20). The summed E-state index contributed by atoms with van der Waals surface area (Å²) in [4.78, 5) is 25.6. The second-order valence-corrected chi connectivity index (χ2v) is 5.95. The van der Waals surface area contributed by atoms with Crippen LogP contribution in [0, 0.1) is 0 Å². The van der Waals surface area contributed by atoms with Crippen LogP contribution in [0.1, 0.15) is 38.2 Å². The van der Waals surface area contributed by atoms with Crippen LogP contribution in [0.4, 0.5) is 0 Å². The number of rotatable bonds is 5. The van der Waals surface area contributed by atoms with Crippen LogP contribution in [-0.2, 0) is 15.0 Å². The Balaban J connectivity index is 2.39. The van der Waals surface area contributed by atoms with Crippen LogP contribution in [0.15, 0.2) is 24.3 Å². The van der Waals surface area contributed by atoms with Crippen LogP contribution in [-0.4, -0.2) is 42.1 Å². The maximum absolute atomic E-state index is 13.0. The van der Waals surface area contributed by atoms with Gasteiger partial charge in [-0.3, -0.25) is 4.79 Å². The lowest BCUT2D eigenvalue weighted by Crippen LogP contribution is -2.49. The van der Waals surface area contributed by atoms with Crippen molar-refractivity contribution in [3.8, 4) is 5.75 Å². The van der Waals surface area contributed by atoms with Gasteiger partial charge in [0.1, 0.15) is 11.8 Å². The summed E-state index contributed by atoms with van der Waals surface area (Å²) in [5.74, 6) is -0.395. The summed E-state index contributed by atoms with van der Waals surface area (Å²) in [5.41, 5.74) is 0.284. The van der Waals surface area contributed by atoms with Gasteiger partial charge in [-0.15, -0.1) is 0 Å². The molecule has 1 fully saturated rings. The first-order valence-corrected chi connectivity index (χ1v) is 7.57. The summed E-state index contributed by atoms with van der Waals surface area (Å²) in [7, 11) is 3.17. The Bertz CT molecular complexity index is 564. The van der Waals surface area contributed by atoms with Gasteiger partial charge in [-0.2, -0.15) is 0 Å². The number of ether oxygens (including phenoxy) is 1. The normalized spacial score (nSPS) is 17.8. The van der Waals surface area contributed by atoms with Gasteiger partial charge in [0.2, 0.25) is 5.91 Å². The Morgan fingerprint density at radius 2 is 1.95 bits per heavy atom. The van der Waals surface area contributed by atoms with E-state index in [9.17, 15) is 9.59 Å². The summed E-state index contributed by atoms with van der Waals surface area (Å²) < 4.78 is 5.27. The molecule has 5 nitrogen and oxygen atoms in total. The van der Waals surface area contributed by atoms with Gasteiger partial charge in [0.05, 0.1) is 12.5 Å². The van der Waals surface area contributed by atoms with Crippen molar-refractivity contribution in [1.29, 1.82) is 0 Å². The number of methoxy groups -OCH3 is 1. The summed E-state index contributed by atoms with van der Waals surface area (Å²) in [5, 5.41) is 9.17. The van der Waals surface area contributed by atoms with Gasteiger partial charge >= 0.3 is 5.97 Å². The molecule has 2 rings (SSSR count). The number of likely N-dealkylation sites (N-methyl/N-ethyl adjacent to an activating group) is 1. The van der Waals surface area contributed by atoms with Gasteiger partial charge < -0.3 is 14.7 Å². The Hall–Kier alpha value is -2.04. The summed E-state index contributed by atoms with van der Waals surface area (Å²) >= 11 is 0. The average Bonchev–Trinajstić information content (AvgIpc) is 3.03. The van der Waals surface area contributed by atoms with Gasteiger partial charge in [-0.05, 0) is 37.5 Å². The molecule has 0 aromatic heterocycles. The monoisotopic (exact) mass is 305 g/mol. The van der Waals surface area contributed by atoms with Crippen molar-refractivity contribution in [2.75, 3.05) is 14.2 Å². The van der Waals surface area contributed by atoms with Gasteiger partial charge in [0, 0.05) is 7.05 Å². The third-order valence-corrected chi connectivity index (χ3v) is 4.75. The number of carboxylic acids is 1. The van der Waals surface area contributed by atoms with E-state index in [0.29, 0.717) is 5.75 Å². The molecule has 120 valence electrons. The molecule has 1 aliphatic rings. The lowest BCUT2D eigenvalue weighted by atomic mass is 9.77. The quantitative estimate of drug-likeness (QED) is 0.907. The van der Waals surface area contributed by atoms with E-state index in [-0.39, 0.29) is 5.91 Å². The fourth-order valence-corrected chi connectivity index (χ4v) is 3.20. The highest BCUT2D eigenvalue weighted by atomic mass is 16.5. The number of carboxylic acid groups (broad SMARTS) is 1. The molecule has 1 aromatic rings. The van der Waals surface area contributed by atoms with Crippen LogP contribution in [0.3, 0.4) is 0 Å². The highest BCUT2D eigenvalue weighted by Crippen LogP contribution is 2.43. The molecule has 5 heteroatoms. The minimum atomic E-state index is -0.991. The molecule has 0 saturated heterocycles. The topological polar surface area (TPSA) is 66.8 Å². The average molecular weight is 305 g/mol. The molecular formula is C17H23NO4. The second kappa shape index (κ2) is 6.38. The molecule has 0 heterocycles. The van der Waals surface area contributed by atoms with Crippen LogP contribution >= 0.6 is 0 Å². The van der Waals surface area contributed by atoms with Crippen molar-refractivity contribution in [2.45, 2.75) is 44.1 Å². The molecule has 0 radical (unpaired) electrons. The first kappa shape index (κ1) is 16.3. The molecule has 1 aromatic carbocycles. The minimum Gasteiger partial charge on any atom is -0.497 e.